The molecule has 0 unspecified atom stereocenters. The lowest BCUT2D eigenvalue weighted by Crippen LogP contribution is -2.21. The summed E-state index contributed by atoms with van der Waals surface area (Å²) in [7, 11) is 0. The molecule has 72 valence electrons. The standard InChI is InChI=1S/C7H12Cl3NO/c1-2-3-4-5-12-6(11)7(8,9)10/h11H,2-5H2,1H3. The first kappa shape index (κ1) is 12.3. The van der Waals surface area contributed by atoms with Crippen LogP contribution in [0.2, 0.25) is 0 Å². The molecule has 0 aliphatic carbocycles. The molecule has 0 atom stereocenters. The van der Waals surface area contributed by atoms with Gasteiger partial charge in [-0.05, 0) is 6.42 Å². The summed E-state index contributed by atoms with van der Waals surface area (Å²) in [6, 6.07) is 0. The molecule has 0 saturated heterocycles. The highest BCUT2D eigenvalue weighted by Gasteiger charge is 2.28. The molecule has 0 radical (unpaired) electrons. The molecule has 0 spiro atoms. The van der Waals surface area contributed by atoms with Gasteiger partial charge in [0.25, 0.3) is 3.79 Å². The minimum absolute atomic E-state index is 0.302. The maximum absolute atomic E-state index is 7.16. The van der Waals surface area contributed by atoms with Gasteiger partial charge in [0.1, 0.15) is 0 Å². The summed E-state index contributed by atoms with van der Waals surface area (Å²) in [5.74, 6) is -0.302. The molecule has 0 saturated carbocycles. The van der Waals surface area contributed by atoms with Crippen LogP contribution < -0.4 is 0 Å². The van der Waals surface area contributed by atoms with E-state index in [4.69, 9.17) is 44.9 Å². The summed E-state index contributed by atoms with van der Waals surface area (Å²) in [5, 5.41) is 7.16. The Labute approximate surface area is 87.6 Å². The number of nitrogens with one attached hydrogen (secondary N) is 1. The molecule has 0 aromatic heterocycles. The maximum Gasteiger partial charge on any atom is 0.265 e. The molecule has 2 nitrogen and oxygen atoms in total. The Bertz CT molecular complexity index is 144. The minimum atomic E-state index is -1.72. The molecular formula is C7H12Cl3NO. The van der Waals surface area contributed by atoms with E-state index in [1.807, 2.05) is 0 Å². The smallest absolute Gasteiger partial charge is 0.265 e. The van der Waals surface area contributed by atoms with Gasteiger partial charge in [0.05, 0.1) is 6.61 Å². The zero-order valence-corrected chi connectivity index (χ0v) is 9.14. The number of hydrogen-bond acceptors (Lipinski definition) is 2. The second-order valence-corrected chi connectivity index (χ2v) is 4.66. The van der Waals surface area contributed by atoms with Gasteiger partial charge in [-0.25, -0.2) is 0 Å². The number of halogens is 3. The Morgan fingerprint density at radius 2 is 1.92 bits per heavy atom. The minimum Gasteiger partial charge on any atom is -0.478 e. The Balaban J connectivity index is 3.45. The monoisotopic (exact) mass is 231 g/mol. The van der Waals surface area contributed by atoms with Gasteiger partial charge in [-0.1, -0.05) is 54.6 Å². The summed E-state index contributed by atoms with van der Waals surface area (Å²) >= 11 is 16.1. The number of rotatable bonds is 4. The van der Waals surface area contributed by atoms with Crippen molar-refractivity contribution in [2.75, 3.05) is 6.61 Å². The van der Waals surface area contributed by atoms with Crippen LogP contribution >= 0.6 is 34.8 Å². The molecule has 0 bridgehead atoms. The highest BCUT2D eigenvalue weighted by molar-refractivity contribution is 6.75. The average molecular weight is 233 g/mol. The number of unbranched alkanes of at least 4 members (excludes halogenated alkanes) is 2. The lowest BCUT2D eigenvalue weighted by molar-refractivity contribution is 0.285. The van der Waals surface area contributed by atoms with Crippen LogP contribution in [0.3, 0.4) is 0 Å². The first-order valence-corrected chi connectivity index (χ1v) is 4.90. The quantitative estimate of drug-likeness (QED) is 0.342. The number of ether oxygens (including phenoxy) is 1. The fourth-order valence-corrected chi connectivity index (χ4v) is 0.772. The van der Waals surface area contributed by atoms with Gasteiger partial charge in [0.15, 0.2) is 0 Å². The van der Waals surface area contributed by atoms with E-state index < -0.39 is 3.79 Å². The molecule has 0 rings (SSSR count). The van der Waals surface area contributed by atoms with Crippen LogP contribution in [0.15, 0.2) is 0 Å². The molecule has 0 aliphatic heterocycles. The van der Waals surface area contributed by atoms with Crippen molar-refractivity contribution in [1.29, 1.82) is 5.41 Å². The van der Waals surface area contributed by atoms with Crippen molar-refractivity contribution in [2.45, 2.75) is 30.0 Å². The van der Waals surface area contributed by atoms with Gasteiger partial charge in [-0.15, -0.1) is 0 Å². The number of hydrogen-bond donors (Lipinski definition) is 1. The largest absolute Gasteiger partial charge is 0.478 e. The van der Waals surface area contributed by atoms with E-state index in [1.54, 1.807) is 0 Å². The first-order chi connectivity index (χ1) is 5.48. The van der Waals surface area contributed by atoms with Crippen LogP contribution in [0.25, 0.3) is 0 Å². The topological polar surface area (TPSA) is 33.1 Å². The first-order valence-electron chi connectivity index (χ1n) is 3.77. The summed E-state index contributed by atoms with van der Waals surface area (Å²) in [4.78, 5) is 0. The Kier molecular flexibility index (Phi) is 6.06. The zero-order valence-electron chi connectivity index (χ0n) is 6.87. The second-order valence-electron chi connectivity index (χ2n) is 2.38. The summed E-state index contributed by atoms with van der Waals surface area (Å²) in [5.41, 5.74) is 0. The third kappa shape index (κ3) is 5.92. The Hall–Kier alpha value is 0.340. The van der Waals surface area contributed by atoms with Gasteiger partial charge in [0, 0.05) is 0 Å². The molecule has 0 aromatic rings. The maximum atomic E-state index is 7.16. The predicted molar refractivity (Wildman–Crippen MR) is 53.5 cm³/mol. The van der Waals surface area contributed by atoms with Crippen LogP contribution in [0, 0.1) is 5.41 Å². The summed E-state index contributed by atoms with van der Waals surface area (Å²) in [6.45, 7) is 2.53. The van der Waals surface area contributed by atoms with Crippen LogP contribution in [-0.2, 0) is 4.74 Å². The summed E-state index contributed by atoms with van der Waals surface area (Å²) < 4.78 is 3.18. The van der Waals surface area contributed by atoms with E-state index in [-0.39, 0.29) is 5.90 Å². The lowest BCUT2D eigenvalue weighted by Gasteiger charge is -2.12. The molecule has 0 aliphatic rings. The third-order valence-corrected chi connectivity index (χ3v) is 1.77. The SMILES string of the molecule is CCCCCOC(=N)C(Cl)(Cl)Cl. The number of alkyl halides is 3. The van der Waals surface area contributed by atoms with E-state index in [1.165, 1.54) is 0 Å². The van der Waals surface area contributed by atoms with Gasteiger partial charge < -0.3 is 4.74 Å². The molecule has 5 heteroatoms. The van der Waals surface area contributed by atoms with Crippen molar-refractivity contribution in [1.82, 2.24) is 0 Å². The zero-order chi connectivity index (χ0) is 9.61. The van der Waals surface area contributed by atoms with E-state index >= 15 is 0 Å². The Morgan fingerprint density at radius 1 is 1.33 bits per heavy atom. The van der Waals surface area contributed by atoms with Crippen molar-refractivity contribution < 1.29 is 4.74 Å². The summed E-state index contributed by atoms with van der Waals surface area (Å²) in [6.07, 6.45) is 3.05. The lowest BCUT2D eigenvalue weighted by atomic mass is 10.3. The highest BCUT2D eigenvalue weighted by Crippen LogP contribution is 2.27. The molecular weight excluding hydrogens is 220 g/mol. The van der Waals surface area contributed by atoms with Crippen LogP contribution in [-0.4, -0.2) is 16.3 Å². The molecule has 0 amide bonds. The molecule has 0 fully saturated rings. The van der Waals surface area contributed by atoms with Crippen molar-refractivity contribution in [3.05, 3.63) is 0 Å². The van der Waals surface area contributed by atoms with Gasteiger partial charge in [-0.2, -0.15) is 0 Å². The molecule has 0 aromatic carbocycles. The fourth-order valence-electron chi connectivity index (χ4n) is 0.608. The van der Waals surface area contributed by atoms with E-state index in [0.29, 0.717) is 6.61 Å². The van der Waals surface area contributed by atoms with E-state index in [2.05, 4.69) is 6.92 Å². The molecule has 12 heavy (non-hydrogen) atoms. The van der Waals surface area contributed by atoms with Crippen molar-refractivity contribution in [3.8, 4) is 0 Å². The third-order valence-electron chi connectivity index (χ3n) is 1.25. The van der Waals surface area contributed by atoms with E-state index in [0.717, 1.165) is 19.3 Å². The average Bonchev–Trinajstić information content (AvgIpc) is 1.96. The predicted octanol–water partition coefficient (Wildman–Crippen LogP) is 3.54. The molecule has 0 heterocycles. The second kappa shape index (κ2) is 5.90. The fraction of sp³-hybridized carbons (Fsp3) is 0.857. The van der Waals surface area contributed by atoms with Crippen LogP contribution in [0.5, 0.6) is 0 Å². The molecule has 1 N–H and O–H groups in total. The highest BCUT2D eigenvalue weighted by atomic mass is 35.6. The normalized spacial score (nSPS) is 11.3. The Morgan fingerprint density at radius 3 is 2.33 bits per heavy atom. The van der Waals surface area contributed by atoms with Crippen LogP contribution in [0.1, 0.15) is 26.2 Å². The van der Waals surface area contributed by atoms with Crippen molar-refractivity contribution in [2.24, 2.45) is 0 Å². The van der Waals surface area contributed by atoms with Crippen LogP contribution in [0.4, 0.5) is 0 Å². The van der Waals surface area contributed by atoms with Gasteiger partial charge in [-0.3, -0.25) is 5.41 Å². The van der Waals surface area contributed by atoms with E-state index in [9.17, 15) is 0 Å². The van der Waals surface area contributed by atoms with Gasteiger partial charge in [0.2, 0.25) is 5.90 Å². The van der Waals surface area contributed by atoms with Crippen molar-refractivity contribution >= 4 is 40.7 Å². The van der Waals surface area contributed by atoms with Crippen molar-refractivity contribution in [3.63, 3.8) is 0 Å². The van der Waals surface area contributed by atoms with Gasteiger partial charge >= 0.3 is 0 Å².